The van der Waals surface area contributed by atoms with Crippen molar-refractivity contribution in [2.75, 3.05) is 7.11 Å². The first-order chi connectivity index (χ1) is 10.3. The summed E-state index contributed by atoms with van der Waals surface area (Å²) in [6.07, 6.45) is 0.794. The number of carbonyl (C=O) groups is 1. The molecule has 1 aromatic heterocycles. The number of fused-ring (bicyclic) bond motifs is 1. The van der Waals surface area contributed by atoms with Gasteiger partial charge in [0.2, 0.25) is 5.92 Å². The van der Waals surface area contributed by atoms with Crippen LogP contribution in [0.3, 0.4) is 0 Å². The zero-order valence-corrected chi connectivity index (χ0v) is 17.5. The van der Waals surface area contributed by atoms with Crippen LogP contribution in [0.25, 0.3) is 5.73 Å². The normalized spacial score (nSPS) is 19.2. The molecule has 1 aliphatic rings. The summed E-state index contributed by atoms with van der Waals surface area (Å²) < 4.78 is 38.3. The summed E-state index contributed by atoms with van der Waals surface area (Å²) in [4.78, 5) is 22.8. The van der Waals surface area contributed by atoms with Crippen LogP contribution in [0.5, 0.6) is 0 Å². The molecule has 1 aromatic rings. The Balaban J connectivity index is 0.00000264. The molecule has 127 valence electrons. The number of halogens is 2. The standard InChI is InChI=1S/C13H18F2N3O4.Ac/c1-21-11(19)9(16)7-13(14,15)6-8-4-2-3-5-10-17-22-12(20)18(8)10;/h8-9,16H,2-7H2,1H3;/q-1;. The van der Waals surface area contributed by atoms with E-state index in [4.69, 9.17) is 5.73 Å². The van der Waals surface area contributed by atoms with Gasteiger partial charge in [-0.3, -0.25) is 13.9 Å². The number of rotatable bonds is 5. The average Bonchev–Trinajstić information content (AvgIpc) is 2.69. The predicted octanol–water partition coefficient (Wildman–Crippen LogP) is 2.11. The van der Waals surface area contributed by atoms with Gasteiger partial charge in [-0.25, -0.2) is 13.6 Å². The fourth-order valence-corrected chi connectivity index (χ4v) is 2.75. The van der Waals surface area contributed by atoms with Crippen LogP contribution < -0.4 is 5.76 Å². The van der Waals surface area contributed by atoms with Gasteiger partial charge in [0.1, 0.15) is 0 Å². The molecule has 2 unspecified atom stereocenters. The Morgan fingerprint density at radius 2 is 2.26 bits per heavy atom. The molecule has 0 aromatic carbocycles. The quantitative estimate of drug-likeness (QED) is 0.529. The van der Waals surface area contributed by atoms with Crippen LogP contribution in [-0.4, -0.2) is 34.8 Å². The van der Waals surface area contributed by atoms with Crippen LogP contribution in [0.1, 0.15) is 44.0 Å². The summed E-state index contributed by atoms with van der Waals surface area (Å²) >= 11 is 0. The van der Waals surface area contributed by atoms with E-state index >= 15 is 0 Å². The first-order valence-electron chi connectivity index (χ1n) is 7.08. The van der Waals surface area contributed by atoms with E-state index in [1.165, 1.54) is 4.57 Å². The molecule has 0 spiro atoms. The molecule has 0 amide bonds. The molecule has 10 heteroatoms. The molecule has 2 rings (SSSR count). The molecule has 1 radical (unpaired) electrons. The molecule has 0 fully saturated rings. The Morgan fingerprint density at radius 3 is 2.91 bits per heavy atom. The second-order valence-corrected chi connectivity index (χ2v) is 5.47. The zero-order chi connectivity index (χ0) is 16.3. The fourth-order valence-electron chi connectivity index (χ4n) is 2.75. The van der Waals surface area contributed by atoms with Crippen molar-refractivity contribution < 1.29 is 66.9 Å². The van der Waals surface area contributed by atoms with Crippen molar-refractivity contribution in [3.8, 4) is 0 Å². The fraction of sp³-hybridized carbons (Fsp3) is 0.769. The number of alkyl halides is 2. The first kappa shape index (κ1) is 20.7. The molecule has 1 N–H and O–H groups in total. The Morgan fingerprint density at radius 1 is 1.57 bits per heavy atom. The second-order valence-electron chi connectivity index (χ2n) is 5.47. The maximum Gasteiger partial charge on any atom is 0.441 e. The van der Waals surface area contributed by atoms with Gasteiger partial charge in [0, 0.05) is 69.4 Å². The van der Waals surface area contributed by atoms with Gasteiger partial charge < -0.3 is 10.5 Å². The number of hydrogen-bond donors (Lipinski definition) is 0. The molecule has 1 aliphatic heterocycles. The van der Waals surface area contributed by atoms with Crippen LogP contribution in [0.2, 0.25) is 0 Å². The SMILES string of the molecule is COC(=O)C([NH-])CC(F)(F)CC1CCCCc2noc(=O)n21.[Ac]. The Hall–Kier alpha value is -0.328. The van der Waals surface area contributed by atoms with Crippen LogP contribution in [0, 0.1) is 44.1 Å². The summed E-state index contributed by atoms with van der Waals surface area (Å²) in [5, 5.41) is 3.62. The van der Waals surface area contributed by atoms with E-state index in [9.17, 15) is 18.4 Å². The van der Waals surface area contributed by atoms with Crippen molar-refractivity contribution in [2.24, 2.45) is 0 Å². The maximum atomic E-state index is 14.1. The van der Waals surface area contributed by atoms with E-state index in [1.54, 1.807) is 0 Å². The van der Waals surface area contributed by atoms with Gasteiger partial charge in [-0.05, 0) is 18.9 Å². The number of ether oxygens (including phenoxy) is 1. The second kappa shape index (κ2) is 8.68. The molecule has 7 nitrogen and oxygen atoms in total. The van der Waals surface area contributed by atoms with Crippen molar-refractivity contribution in [3.63, 3.8) is 0 Å². The molecular weight excluding hydrogens is 527 g/mol. The van der Waals surface area contributed by atoms with Gasteiger partial charge in [-0.2, -0.15) is 0 Å². The van der Waals surface area contributed by atoms with Gasteiger partial charge in [0.05, 0.1) is 7.11 Å². The van der Waals surface area contributed by atoms with Crippen molar-refractivity contribution in [2.45, 2.75) is 56.5 Å². The monoisotopic (exact) mass is 545 g/mol. The van der Waals surface area contributed by atoms with Crippen LogP contribution in [-0.2, 0) is 16.0 Å². The van der Waals surface area contributed by atoms with E-state index in [2.05, 4.69) is 14.4 Å². The number of esters is 1. The van der Waals surface area contributed by atoms with Crippen molar-refractivity contribution in [1.29, 1.82) is 0 Å². The smallest absolute Gasteiger partial charge is 0.441 e. The third kappa shape index (κ3) is 5.33. The molecule has 2 atom stereocenters. The molecule has 0 saturated carbocycles. The summed E-state index contributed by atoms with van der Waals surface area (Å²) in [5.41, 5.74) is 7.40. The summed E-state index contributed by atoms with van der Waals surface area (Å²) in [6.45, 7) is 0. The summed E-state index contributed by atoms with van der Waals surface area (Å²) in [6, 6.07) is -2.39. The zero-order valence-electron chi connectivity index (χ0n) is 12.8. The predicted molar refractivity (Wildman–Crippen MR) is 71.7 cm³/mol. The summed E-state index contributed by atoms with van der Waals surface area (Å²) in [5.74, 6) is -4.63. The third-order valence-electron chi connectivity index (χ3n) is 3.78. The number of aromatic nitrogens is 2. The van der Waals surface area contributed by atoms with Crippen LogP contribution in [0.4, 0.5) is 8.78 Å². The van der Waals surface area contributed by atoms with Gasteiger partial charge in [0.25, 0.3) is 5.97 Å². The number of nitrogens with one attached hydrogen (secondary N) is 1. The topological polar surface area (TPSA) is 98.1 Å². The number of carbonyl (C=O) groups excluding carboxylic acids is 1. The van der Waals surface area contributed by atoms with E-state index < -0.39 is 42.6 Å². The molecule has 23 heavy (non-hydrogen) atoms. The van der Waals surface area contributed by atoms with Crippen LogP contribution in [0.15, 0.2) is 9.32 Å². The summed E-state index contributed by atoms with van der Waals surface area (Å²) in [7, 11) is 1.05. The largest absolute Gasteiger partial charge is 0.665 e. The molecule has 2 heterocycles. The minimum absolute atomic E-state index is 0. The molecular formula is C13H18AcF2N3O4-. The number of nitrogens with zero attached hydrogens (tertiary/aromatic N) is 2. The minimum Gasteiger partial charge on any atom is -0.665 e. The van der Waals surface area contributed by atoms with Crippen molar-refractivity contribution in [3.05, 3.63) is 22.1 Å². The van der Waals surface area contributed by atoms with Gasteiger partial charge in [0.15, 0.2) is 5.82 Å². The van der Waals surface area contributed by atoms with Gasteiger partial charge in [-0.15, -0.1) is 0 Å². The van der Waals surface area contributed by atoms with Crippen molar-refractivity contribution in [1.82, 2.24) is 9.72 Å². The minimum atomic E-state index is -3.26. The van der Waals surface area contributed by atoms with Crippen molar-refractivity contribution >= 4 is 5.97 Å². The molecule has 0 aliphatic carbocycles. The Bertz CT molecular complexity index is 590. The Labute approximate surface area is 167 Å². The van der Waals surface area contributed by atoms with E-state index in [1.807, 2.05) is 0 Å². The maximum absolute atomic E-state index is 14.1. The number of hydrogen-bond acceptors (Lipinski definition) is 5. The van der Waals surface area contributed by atoms with E-state index in [-0.39, 0.29) is 44.1 Å². The van der Waals surface area contributed by atoms with Crippen LogP contribution >= 0.6 is 0 Å². The molecule has 0 bridgehead atoms. The van der Waals surface area contributed by atoms with E-state index in [0.29, 0.717) is 25.1 Å². The van der Waals surface area contributed by atoms with E-state index in [0.717, 1.165) is 13.5 Å². The Kier molecular flexibility index (Phi) is 7.81. The number of aryl methyl sites for hydroxylation is 1. The van der Waals surface area contributed by atoms with Gasteiger partial charge >= 0.3 is 5.76 Å². The third-order valence-corrected chi connectivity index (χ3v) is 3.78. The first-order valence-corrected chi connectivity index (χ1v) is 7.08. The molecule has 0 saturated heterocycles. The average molecular weight is 545 g/mol. The number of methoxy groups -OCH3 is 1. The van der Waals surface area contributed by atoms with Gasteiger partial charge in [-0.1, -0.05) is 11.6 Å².